The van der Waals surface area contributed by atoms with Gasteiger partial charge in [0.1, 0.15) is 17.9 Å². The number of amides is 1. The minimum Gasteiger partial charge on any atom is -0.394 e. The van der Waals surface area contributed by atoms with E-state index in [1.807, 2.05) is 19.1 Å². The van der Waals surface area contributed by atoms with Crippen molar-refractivity contribution < 1.29 is 4.79 Å². The van der Waals surface area contributed by atoms with Crippen LogP contribution in [0.2, 0.25) is 0 Å². The lowest BCUT2D eigenvalue weighted by Crippen LogP contribution is -2.40. The molecule has 1 saturated carbocycles. The van der Waals surface area contributed by atoms with Gasteiger partial charge in [0.15, 0.2) is 0 Å². The van der Waals surface area contributed by atoms with E-state index in [0.717, 1.165) is 35.4 Å². The van der Waals surface area contributed by atoms with Crippen LogP contribution in [-0.2, 0) is 11.3 Å². The quantitative estimate of drug-likeness (QED) is 0.860. The zero-order chi connectivity index (χ0) is 18.5. The highest BCUT2D eigenvalue weighted by Crippen LogP contribution is 2.26. The van der Waals surface area contributed by atoms with E-state index in [1.165, 1.54) is 23.9 Å². The number of nitrogen functional groups attached to an aromatic ring is 1. The maximum atomic E-state index is 12.4. The molecular weight excluding hydrogens is 348 g/mol. The van der Waals surface area contributed by atoms with Gasteiger partial charge in [-0.05, 0) is 38.0 Å². The van der Waals surface area contributed by atoms with Crippen molar-refractivity contribution in [2.75, 3.05) is 5.73 Å². The van der Waals surface area contributed by atoms with Crippen molar-refractivity contribution in [3.8, 4) is 10.6 Å². The van der Waals surface area contributed by atoms with Crippen LogP contribution < -0.4 is 16.6 Å². The van der Waals surface area contributed by atoms with Gasteiger partial charge in [-0.3, -0.25) is 9.59 Å². The number of aromatic nitrogens is 2. The van der Waals surface area contributed by atoms with E-state index in [2.05, 4.69) is 10.4 Å². The van der Waals surface area contributed by atoms with Crippen molar-refractivity contribution in [3.05, 3.63) is 33.4 Å². The summed E-state index contributed by atoms with van der Waals surface area (Å²) in [5.41, 5.74) is 6.18. The van der Waals surface area contributed by atoms with Gasteiger partial charge >= 0.3 is 0 Å². The highest BCUT2D eigenvalue weighted by molar-refractivity contribution is 7.15. The third-order valence-corrected chi connectivity index (χ3v) is 5.78. The molecule has 0 radical (unpaired) electrons. The number of carbonyl (C=O) groups is 1. The molecule has 7 heteroatoms. The van der Waals surface area contributed by atoms with Gasteiger partial charge in [-0.1, -0.05) is 32.1 Å². The minimum atomic E-state index is -0.421. The van der Waals surface area contributed by atoms with E-state index in [9.17, 15) is 9.59 Å². The van der Waals surface area contributed by atoms with Crippen LogP contribution in [0.15, 0.2) is 23.0 Å². The van der Waals surface area contributed by atoms with E-state index >= 15 is 0 Å². The third kappa shape index (κ3) is 4.72. The van der Waals surface area contributed by atoms with Crippen LogP contribution >= 0.6 is 11.3 Å². The van der Waals surface area contributed by atoms with Gasteiger partial charge in [-0.25, -0.2) is 4.68 Å². The van der Waals surface area contributed by atoms with E-state index in [4.69, 9.17) is 5.73 Å². The molecule has 2 aromatic heterocycles. The second kappa shape index (κ2) is 8.49. The number of rotatable bonds is 4. The predicted octanol–water partition coefficient (Wildman–Crippen LogP) is 3.09. The topological polar surface area (TPSA) is 90.0 Å². The molecule has 1 amide bonds. The molecule has 0 unspecified atom stereocenters. The summed E-state index contributed by atoms with van der Waals surface area (Å²) < 4.78 is 1.18. The Labute approximate surface area is 157 Å². The molecule has 2 heterocycles. The largest absolute Gasteiger partial charge is 0.394 e. The van der Waals surface area contributed by atoms with Gasteiger partial charge in [-0.15, -0.1) is 11.3 Å². The summed E-state index contributed by atoms with van der Waals surface area (Å²) in [4.78, 5) is 26.8. The Kier molecular flexibility index (Phi) is 6.08. The highest BCUT2D eigenvalue weighted by atomic mass is 32.1. The van der Waals surface area contributed by atoms with Crippen molar-refractivity contribution in [1.82, 2.24) is 15.1 Å². The Bertz CT molecular complexity index is 819. The first kappa shape index (κ1) is 18.6. The summed E-state index contributed by atoms with van der Waals surface area (Å²) in [7, 11) is 0. The zero-order valence-corrected chi connectivity index (χ0v) is 16.0. The van der Waals surface area contributed by atoms with E-state index in [1.54, 1.807) is 17.4 Å². The van der Waals surface area contributed by atoms with E-state index < -0.39 is 5.56 Å². The standard InChI is InChI=1S/C19H26N4O2S/c1-13-9-10-17(26-13)16-11-15(20)19(25)23(22-16)12-18(24)21-14-7-5-3-2-4-6-8-14/h9-11,14H,2-8,12,20H2,1H3,(H,21,24). The van der Waals surface area contributed by atoms with Gasteiger partial charge in [0.25, 0.3) is 5.56 Å². The van der Waals surface area contributed by atoms with Crippen LogP contribution in [0, 0.1) is 6.92 Å². The number of anilines is 1. The van der Waals surface area contributed by atoms with Crippen LogP contribution in [0.3, 0.4) is 0 Å². The summed E-state index contributed by atoms with van der Waals surface area (Å²) in [5, 5.41) is 7.43. The molecule has 0 aliphatic heterocycles. The number of hydrogen-bond donors (Lipinski definition) is 2. The summed E-state index contributed by atoms with van der Waals surface area (Å²) in [6.45, 7) is 1.91. The second-order valence-corrected chi connectivity index (χ2v) is 8.26. The Morgan fingerprint density at radius 1 is 1.27 bits per heavy atom. The fraction of sp³-hybridized carbons (Fsp3) is 0.526. The average Bonchev–Trinajstić information content (AvgIpc) is 3.00. The molecule has 6 nitrogen and oxygen atoms in total. The maximum absolute atomic E-state index is 12.4. The maximum Gasteiger partial charge on any atom is 0.290 e. The SMILES string of the molecule is Cc1ccc(-c2cc(N)c(=O)n(CC(=O)NC3CCCCCCC3)n2)s1. The molecular formula is C19H26N4O2S. The first-order chi connectivity index (χ1) is 12.5. The van der Waals surface area contributed by atoms with Crippen molar-refractivity contribution in [1.29, 1.82) is 0 Å². The summed E-state index contributed by atoms with van der Waals surface area (Å²) in [6, 6.07) is 5.72. The number of carbonyl (C=O) groups excluding carboxylic acids is 1. The second-order valence-electron chi connectivity index (χ2n) is 6.97. The number of thiophene rings is 1. The Balaban J connectivity index is 1.72. The molecule has 2 aromatic rings. The molecule has 0 atom stereocenters. The molecule has 0 spiro atoms. The van der Waals surface area contributed by atoms with Crippen LogP contribution in [0.5, 0.6) is 0 Å². The van der Waals surface area contributed by atoms with Gasteiger partial charge in [0.05, 0.1) is 4.88 Å². The number of nitrogens with one attached hydrogen (secondary N) is 1. The number of aryl methyl sites for hydroxylation is 1. The fourth-order valence-electron chi connectivity index (χ4n) is 3.37. The van der Waals surface area contributed by atoms with E-state index in [-0.39, 0.29) is 24.2 Å². The fourth-order valence-corrected chi connectivity index (χ4v) is 4.20. The number of nitrogens with two attached hydrogens (primary N) is 1. The summed E-state index contributed by atoms with van der Waals surface area (Å²) in [6.07, 6.45) is 8.04. The van der Waals surface area contributed by atoms with Crippen molar-refractivity contribution in [2.45, 2.75) is 64.5 Å². The molecule has 1 fully saturated rings. The highest BCUT2D eigenvalue weighted by Gasteiger charge is 2.16. The van der Waals surface area contributed by atoms with E-state index in [0.29, 0.717) is 5.69 Å². The predicted molar refractivity (Wildman–Crippen MR) is 105 cm³/mol. The van der Waals surface area contributed by atoms with Crippen molar-refractivity contribution in [2.24, 2.45) is 0 Å². The smallest absolute Gasteiger partial charge is 0.290 e. The Morgan fingerprint density at radius 3 is 2.62 bits per heavy atom. The monoisotopic (exact) mass is 374 g/mol. The molecule has 3 rings (SSSR count). The van der Waals surface area contributed by atoms with Crippen LogP contribution in [0.4, 0.5) is 5.69 Å². The lowest BCUT2D eigenvalue weighted by atomic mass is 9.97. The van der Waals surface area contributed by atoms with Gasteiger partial charge in [0.2, 0.25) is 5.91 Å². The minimum absolute atomic E-state index is 0.0995. The number of nitrogens with zero attached hydrogens (tertiary/aromatic N) is 2. The molecule has 26 heavy (non-hydrogen) atoms. The lowest BCUT2D eigenvalue weighted by Gasteiger charge is -2.21. The van der Waals surface area contributed by atoms with Gasteiger partial charge < -0.3 is 11.1 Å². The van der Waals surface area contributed by atoms with Crippen LogP contribution in [0.1, 0.15) is 49.8 Å². The number of hydrogen-bond acceptors (Lipinski definition) is 5. The summed E-state index contributed by atoms with van der Waals surface area (Å²) in [5.74, 6) is -0.177. The normalized spacial score (nSPS) is 16.0. The first-order valence-electron chi connectivity index (χ1n) is 9.27. The lowest BCUT2D eigenvalue weighted by molar-refractivity contribution is -0.122. The van der Waals surface area contributed by atoms with Crippen LogP contribution in [0.25, 0.3) is 10.6 Å². The molecule has 0 aromatic carbocycles. The van der Waals surface area contributed by atoms with Gasteiger partial charge in [0, 0.05) is 10.9 Å². The molecule has 1 aliphatic rings. The first-order valence-corrected chi connectivity index (χ1v) is 10.1. The molecule has 0 bridgehead atoms. The van der Waals surface area contributed by atoms with Crippen molar-refractivity contribution >= 4 is 22.9 Å². The zero-order valence-electron chi connectivity index (χ0n) is 15.2. The van der Waals surface area contributed by atoms with Gasteiger partial charge in [-0.2, -0.15) is 5.10 Å². The van der Waals surface area contributed by atoms with Crippen molar-refractivity contribution in [3.63, 3.8) is 0 Å². The molecule has 0 saturated heterocycles. The molecule has 140 valence electrons. The Hall–Kier alpha value is -2.15. The summed E-state index contributed by atoms with van der Waals surface area (Å²) >= 11 is 1.58. The third-order valence-electron chi connectivity index (χ3n) is 4.76. The molecule has 1 aliphatic carbocycles. The average molecular weight is 375 g/mol. The molecule has 3 N–H and O–H groups in total. The Morgan fingerprint density at radius 2 is 1.96 bits per heavy atom. The van der Waals surface area contributed by atoms with Crippen LogP contribution in [-0.4, -0.2) is 21.7 Å².